The van der Waals surface area contributed by atoms with E-state index in [0.717, 1.165) is 16.9 Å². The Labute approximate surface area is 214 Å². The van der Waals surface area contributed by atoms with Crippen molar-refractivity contribution >= 4 is 45.1 Å². The topological polar surface area (TPSA) is 106 Å². The van der Waals surface area contributed by atoms with Gasteiger partial charge in [0, 0.05) is 16.8 Å². The van der Waals surface area contributed by atoms with Crippen molar-refractivity contribution in [1.82, 2.24) is 14.6 Å². The van der Waals surface area contributed by atoms with Crippen LogP contribution in [0.2, 0.25) is 0 Å². The molecular weight excluding hydrogens is 490 g/mol. The molecule has 0 unspecified atom stereocenters. The van der Waals surface area contributed by atoms with Crippen LogP contribution in [0.5, 0.6) is 5.75 Å². The molecule has 1 aliphatic rings. The number of para-hydroxylation sites is 2. The van der Waals surface area contributed by atoms with Gasteiger partial charge in [0.25, 0.3) is 11.5 Å². The number of ether oxygens (including phenoxy) is 1. The highest BCUT2D eigenvalue weighted by atomic mass is 32.1. The number of nitrogens with one attached hydrogen (secondary N) is 1. The molecule has 182 valence electrons. The lowest BCUT2D eigenvalue weighted by atomic mass is 10.1. The van der Waals surface area contributed by atoms with Crippen LogP contribution in [0.4, 0.5) is 11.4 Å². The minimum Gasteiger partial charge on any atom is -0.497 e. The number of amides is 2. The normalized spacial score (nSPS) is 14.2. The molecule has 3 heterocycles. The van der Waals surface area contributed by atoms with Gasteiger partial charge in [0.15, 0.2) is 5.82 Å². The smallest absolute Gasteiger partial charge is 0.291 e. The first-order valence-electron chi connectivity index (χ1n) is 11.4. The lowest BCUT2D eigenvalue weighted by Crippen LogP contribution is -2.37. The number of fused-ring (bicyclic) bond motifs is 2. The average molecular weight is 510 g/mol. The summed E-state index contributed by atoms with van der Waals surface area (Å²) in [6.07, 6.45) is 0. The molecule has 9 nitrogen and oxygen atoms in total. The molecule has 0 aliphatic carbocycles. The third-order valence-corrected chi connectivity index (χ3v) is 7.04. The van der Waals surface area contributed by atoms with Gasteiger partial charge in [-0.25, -0.2) is 0 Å². The molecule has 6 rings (SSSR count). The minimum absolute atomic E-state index is 0.190. The van der Waals surface area contributed by atoms with Crippen molar-refractivity contribution in [2.45, 2.75) is 0 Å². The van der Waals surface area contributed by atoms with Gasteiger partial charge >= 0.3 is 0 Å². The SMILES string of the molecule is COc1ccc(-c2nc3sc(=C4C(=O)N(CC(=O)Nc5ccccc5)c5ccccc54)c(=O)n3n2)cc1. The molecule has 2 aromatic heterocycles. The second-order valence-electron chi connectivity index (χ2n) is 8.29. The predicted octanol–water partition coefficient (Wildman–Crippen LogP) is 2.73. The summed E-state index contributed by atoms with van der Waals surface area (Å²) >= 11 is 1.10. The van der Waals surface area contributed by atoms with Gasteiger partial charge < -0.3 is 10.1 Å². The third-order valence-electron chi connectivity index (χ3n) is 6.02. The summed E-state index contributed by atoms with van der Waals surface area (Å²) in [5.41, 5.74) is 2.36. The Morgan fingerprint density at radius 3 is 2.43 bits per heavy atom. The van der Waals surface area contributed by atoms with Crippen LogP contribution in [-0.2, 0) is 9.59 Å². The summed E-state index contributed by atoms with van der Waals surface area (Å²) in [6.45, 7) is -0.190. The third kappa shape index (κ3) is 3.93. The molecule has 0 saturated heterocycles. The highest BCUT2D eigenvalue weighted by Crippen LogP contribution is 2.35. The van der Waals surface area contributed by atoms with Gasteiger partial charge in [0.05, 0.1) is 18.4 Å². The number of hydrogen-bond acceptors (Lipinski definition) is 7. The van der Waals surface area contributed by atoms with E-state index < -0.39 is 11.5 Å². The van der Waals surface area contributed by atoms with Crippen LogP contribution in [0.15, 0.2) is 83.7 Å². The van der Waals surface area contributed by atoms with Crippen LogP contribution < -0.4 is 25.0 Å². The van der Waals surface area contributed by atoms with Crippen LogP contribution in [0, 0.1) is 0 Å². The molecule has 5 aromatic rings. The van der Waals surface area contributed by atoms with Crippen molar-refractivity contribution in [1.29, 1.82) is 0 Å². The Morgan fingerprint density at radius 1 is 0.973 bits per heavy atom. The van der Waals surface area contributed by atoms with E-state index in [4.69, 9.17) is 4.74 Å². The van der Waals surface area contributed by atoms with Crippen molar-refractivity contribution in [3.05, 3.63) is 99.3 Å². The summed E-state index contributed by atoms with van der Waals surface area (Å²) < 4.78 is 6.64. The fraction of sp³-hybridized carbons (Fsp3) is 0.0741. The van der Waals surface area contributed by atoms with E-state index in [1.807, 2.05) is 30.3 Å². The second kappa shape index (κ2) is 8.99. The first-order valence-corrected chi connectivity index (χ1v) is 12.2. The number of aromatic nitrogens is 3. The molecule has 37 heavy (non-hydrogen) atoms. The Morgan fingerprint density at radius 2 is 1.70 bits per heavy atom. The van der Waals surface area contributed by atoms with Crippen molar-refractivity contribution in [2.24, 2.45) is 0 Å². The largest absolute Gasteiger partial charge is 0.497 e. The molecule has 1 aliphatic heterocycles. The summed E-state index contributed by atoms with van der Waals surface area (Å²) in [4.78, 5) is 46.0. The molecule has 2 amide bonds. The van der Waals surface area contributed by atoms with Crippen LogP contribution >= 0.6 is 11.3 Å². The van der Waals surface area contributed by atoms with Gasteiger partial charge in [-0.1, -0.05) is 47.7 Å². The van der Waals surface area contributed by atoms with Gasteiger partial charge in [0.1, 0.15) is 16.8 Å². The van der Waals surface area contributed by atoms with Crippen molar-refractivity contribution in [3.63, 3.8) is 0 Å². The zero-order valence-electron chi connectivity index (χ0n) is 19.5. The Hall–Kier alpha value is -4.83. The van der Waals surface area contributed by atoms with Crippen molar-refractivity contribution < 1.29 is 14.3 Å². The number of hydrogen-bond donors (Lipinski definition) is 1. The van der Waals surface area contributed by atoms with Crippen molar-refractivity contribution in [2.75, 3.05) is 23.9 Å². The van der Waals surface area contributed by atoms with Crippen LogP contribution in [0.25, 0.3) is 21.9 Å². The quantitative estimate of drug-likeness (QED) is 0.391. The average Bonchev–Trinajstić information content (AvgIpc) is 3.55. The standard InChI is InChI=1S/C27H19N5O4S/c1-36-18-13-11-16(12-14-18)24-29-27-32(30-24)26(35)23(37-27)22-19-9-5-6-10-20(19)31(25(22)34)15-21(33)28-17-7-3-2-4-8-17/h2-14H,15H2,1H3,(H,28,33). The summed E-state index contributed by atoms with van der Waals surface area (Å²) in [6, 6.07) is 23.4. The van der Waals surface area contributed by atoms with Gasteiger partial charge in [-0.15, -0.1) is 5.10 Å². The van der Waals surface area contributed by atoms with Crippen LogP contribution in [-0.4, -0.2) is 40.1 Å². The van der Waals surface area contributed by atoms with Crippen LogP contribution in [0.1, 0.15) is 5.56 Å². The van der Waals surface area contributed by atoms with Crippen molar-refractivity contribution in [3.8, 4) is 17.1 Å². The molecule has 1 N–H and O–H groups in total. The monoisotopic (exact) mass is 509 g/mol. The zero-order chi connectivity index (χ0) is 25.5. The van der Waals surface area contributed by atoms with Crippen LogP contribution in [0.3, 0.4) is 0 Å². The molecule has 0 bridgehead atoms. The molecule has 0 atom stereocenters. The van der Waals surface area contributed by atoms with E-state index in [1.165, 1.54) is 9.42 Å². The highest BCUT2D eigenvalue weighted by Gasteiger charge is 2.35. The summed E-state index contributed by atoms with van der Waals surface area (Å²) in [5, 5.41) is 7.18. The van der Waals surface area contributed by atoms with Gasteiger partial charge in [0.2, 0.25) is 10.9 Å². The Bertz CT molecular complexity index is 1780. The van der Waals surface area contributed by atoms with E-state index in [1.54, 1.807) is 55.6 Å². The number of thiazole rings is 1. The maximum absolute atomic E-state index is 13.6. The highest BCUT2D eigenvalue weighted by molar-refractivity contribution is 7.15. The van der Waals surface area contributed by atoms with E-state index in [-0.39, 0.29) is 22.6 Å². The molecule has 10 heteroatoms. The van der Waals surface area contributed by atoms with E-state index in [0.29, 0.717) is 33.5 Å². The first kappa shape index (κ1) is 22.6. The lowest BCUT2D eigenvalue weighted by molar-refractivity contribution is -0.118. The molecule has 0 saturated carbocycles. The molecule has 0 fully saturated rings. The molecular formula is C27H19N5O4S. The minimum atomic E-state index is -0.430. The lowest BCUT2D eigenvalue weighted by Gasteiger charge is -2.16. The molecule has 0 radical (unpaired) electrons. The van der Waals surface area contributed by atoms with E-state index in [9.17, 15) is 14.4 Å². The first-order chi connectivity index (χ1) is 18.0. The number of methoxy groups -OCH3 is 1. The molecule has 0 spiro atoms. The van der Waals surface area contributed by atoms with Gasteiger partial charge in [-0.3, -0.25) is 19.3 Å². The number of nitrogens with zero attached hydrogens (tertiary/aromatic N) is 4. The number of anilines is 2. The predicted molar refractivity (Wildman–Crippen MR) is 141 cm³/mol. The molecule has 3 aromatic carbocycles. The fourth-order valence-electron chi connectivity index (χ4n) is 4.27. The maximum Gasteiger partial charge on any atom is 0.291 e. The Kier molecular flexibility index (Phi) is 5.50. The number of rotatable bonds is 5. The van der Waals surface area contributed by atoms with E-state index >= 15 is 0 Å². The maximum atomic E-state index is 13.6. The fourth-order valence-corrected chi connectivity index (χ4v) is 5.27. The number of carbonyl (C=O) groups is 2. The Balaban J connectivity index is 1.38. The second-order valence-corrected chi connectivity index (χ2v) is 9.27. The van der Waals surface area contributed by atoms with Gasteiger partial charge in [-0.2, -0.15) is 9.50 Å². The summed E-state index contributed by atoms with van der Waals surface area (Å²) in [5.74, 6) is 0.347. The number of benzene rings is 3. The summed E-state index contributed by atoms with van der Waals surface area (Å²) in [7, 11) is 1.59. The zero-order valence-corrected chi connectivity index (χ0v) is 20.4. The van der Waals surface area contributed by atoms with Gasteiger partial charge in [-0.05, 0) is 42.5 Å². The van der Waals surface area contributed by atoms with E-state index in [2.05, 4.69) is 15.4 Å². The number of carbonyl (C=O) groups excluding carboxylic acids is 2.